The Morgan fingerprint density at radius 1 is 1.00 bits per heavy atom. The molecular weight excluding hydrogens is 306 g/mol. The third-order valence-electron chi connectivity index (χ3n) is 3.81. The van der Waals surface area contributed by atoms with E-state index in [4.69, 9.17) is 4.74 Å². The maximum atomic E-state index is 14.4. The molecule has 0 atom stereocenters. The second-order valence-corrected chi connectivity index (χ2v) is 5.83. The third-order valence-corrected chi connectivity index (χ3v) is 3.81. The Bertz CT molecular complexity index is 745. The SMILES string of the molecule is C=C(C)C(=C)Cc1ccc(-c2ccc(OCCC)cc2)c(F)c1F. The Kier molecular flexibility index (Phi) is 5.91. The van der Waals surface area contributed by atoms with Crippen LogP contribution in [0.4, 0.5) is 8.78 Å². The van der Waals surface area contributed by atoms with Gasteiger partial charge in [0.25, 0.3) is 0 Å². The molecule has 0 radical (unpaired) electrons. The Morgan fingerprint density at radius 3 is 2.25 bits per heavy atom. The van der Waals surface area contributed by atoms with Crippen LogP contribution in [0.2, 0.25) is 0 Å². The van der Waals surface area contributed by atoms with Gasteiger partial charge in [-0.3, -0.25) is 0 Å². The van der Waals surface area contributed by atoms with Crippen LogP contribution >= 0.6 is 0 Å². The monoisotopic (exact) mass is 328 g/mol. The largest absolute Gasteiger partial charge is 0.494 e. The molecule has 0 spiro atoms. The van der Waals surface area contributed by atoms with Crippen molar-refractivity contribution in [3.05, 3.63) is 77.9 Å². The molecule has 2 aromatic rings. The second-order valence-electron chi connectivity index (χ2n) is 5.83. The number of allylic oxidation sites excluding steroid dienone is 2. The molecule has 0 saturated heterocycles. The molecule has 0 aliphatic rings. The van der Waals surface area contributed by atoms with Gasteiger partial charge in [0.1, 0.15) is 5.75 Å². The summed E-state index contributed by atoms with van der Waals surface area (Å²) in [7, 11) is 0. The molecule has 126 valence electrons. The first-order chi connectivity index (χ1) is 11.4. The standard InChI is InChI=1S/C21H22F2O/c1-5-12-24-18-9-6-16(7-10-18)19-11-8-17(20(22)21(19)23)13-15(4)14(2)3/h6-11H,2,4-5,12-13H2,1,3H3. The molecule has 0 fully saturated rings. The normalized spacial score (nSPS) is 10.5. The number of ether oxygens (including phenoxy) is 1. The number of rotatable bonds is 7. The Labute approximate surface area is 142 Å². The van der Waals surface area contributed by atoms with Crippen molar-refractivity contribution in [3.8, 4) is 16.9 Å². The average molecular weight is 328 g/mol. The highest BCUT2D eigenvalue weighted by atomic mass is 19.2. The van der Waals surface area contributed by atoms with Crippen molar-refractivity contribution in [2.75, 3.05) is 6.61 Å². The van der Waals surface area contributed by atoms with Crippen molar-refractivity contribution in [2.45, 2.75) is 26.7 Å². The van der Waals surface area contributed by atoms with E-state index in [0.29, 0.717) is 17.7 Å². The predicted octanol–water partition coefficient (Wildman–Crippen LogP) is 6.10. The zero-order valence-electron chi connectivity index (χ0n) is 14.2. The minimum absolute atomic E-state index is 0.235. The molecular formula is C21H22F2O. The van der Waals surface area contributed by atoms with Crippen molar-refractivity contribution >= 4 is 0 Å². The molecule has 24 heavy (non-hydrogen) atoms. The van der Waals surface area contributed by atoms with Crippen LogP contribution in [0.15, 0.2) is 60.7 Å². The third kappa shape index (κ3) is 4.10. The fourth-order valence-corrected chi connectivity index (χ4v) is 2.28. The van der Waals surface area contributed by atoms with Crippen LogP contribution in [-0.2, 0) is 6.42 Å². The van der Waals surface area contributed by atoms with Crippen LogP contribution in [0.25, 0.3) is 11.1 Å². The number of hydrogen-bond donors (Lipinski definition) is 0. The quantitative estimate of drug-likeness (QED) is 0.558. The minimum Gasteiger partial charge on any atom is -0.494 e. The van der Waals surface area contributed by atoms with Crippen molar-refractivity contribution in [1.82, 2.24) is 0 Å². The fourth-order valence-electron chi connectivity index (χ4n) is 2.28. The van der Waals surface area contributed by atoms with E-state index >= 15 is 0 Å². The molecule has 0 aliphatic carbocycles. The summed E-state index contributed by atoms with van der Waals surface area (Å²) in [4.78, 5) is 0. The minimum atomic E-state index is -0.843. The summed E-state index contributed by atoms with van der Waals surface area (Å²) >= 11 is 0. The van der Waals surface area contributed by atoms with Gasteiger partial charge in [-0.05, 0) is 42.2 Å². The van der Waals surface area contributed by atoms with E-state index in [1.165, 1.54) is 0 Å². The maximum Gasteiger partial charge on any atom is 0.166 e. The summed E-state index contributed by atoms with van der Waals surface area (Å²) < 4.78 is 34.3. The molecule has 0 N–H and O–H groups in total. The van der Waals surface area contributed by atoms with Gasteiger partial charge in [-0.15, -0.1) is 0 Å². The van der Waals surface area contributed by atoms with Crippen LogP contribution in [0.1, 0.15) is 25.8 Å². The lowest BCUT2D eigenvalue weighted by Gasteiger charge is -2.11. The number of halogens is 2. The summed E-state index contributed by atoms with van der Waals surface area (Å²) in [5, 5.41) is 0. The van der Waals surface area contributed by atoms with E-state index in [0.717, 1.165) is 17.7 Å². The lowest BCUT2D eigenvalue weighted by Crippen LogP contribution is -1.99. The Hall–Kier alpha value is -2.42. The smallest absolute Gasteiger partial charge is 0.166 e. The van der Waals surface area contributed by atoms with Crippen LogP contribution in [0.3, 0.4) is 0 Å². The van der Waals surface area contributed by atoms with Crippen LogP contribution < -0.4 is 4.74 Å². The molecule has 3 heteroatoms. The molecule has 2 aromatic carbocycles. The van der Waals surface area contributed by atoms with Gasteiger partial charge in [-0.1, -0.05) is 49.9 Å². The maximum absolute atomic E-state index is 14.4. The summed E-state index contributed by atoms with van der Waals surface area (Å²) in [6.45, 7) is 12.1. The van der Waals surface area contributed by atoms with Crippen LogP contribution in [-0.4, -0.2) is 6.61 Å². The van der Waals surface area contributed by atoms with Gasteiger partial charge in [0.05, 0.1) is 6.61 Å². The fraction of sp³-hybridized carbons (Fsp3) is 0.238. The average Bonchev–Trinajstić information content (AvgIpc) is 2.57. The zero-order valence-corrected chi connectivity index (χ0v) is 14.2. The van der Waals surface area contributed by atoms with E-state index in [1.54, 1.807) is 43.3 Å². The zero-order chi connectivity index (χ0) is 17.7. The molecule has 0 unspecified atom stereocenters. The predicted molar refractivity (Wildman–Crippen MR) is 95.2 cm³/mol. The summed E-state index contributed by atoms with van der Waals surface area (Å²) in [6, 6.07) is 10.2. The van der Waals surface area contributed by atoms with Crippen molar-refractivity contribution in [1.29, 1.82) is 0 Å². The summed E-state index contributed by atoms with van der Waals surface area (Å²) in [5.41, 5.74) is 2.59. The van der Waals surface area contributed by atoms with E-state index in [2.05, 4.69) is 13.2 Å². The number of benzene rings is 2. The molecule has 1 nitrogen and oxygen atoms in total. The lowest BCUT2D eigenvalue weighted by atomic mass is 9.97. The molecule has 0 amide bonds. The second kappa shape index (κ2) is 7.91. The molecule has 0 aromatic heterocycles. The van der Waals surface area contributed by atoms with Crippen molar-refractivity contribution < 1.29 is 13.5 Å². The summed E-state index contributed by atoms with van der Waals surface area (Å²) in [6.07, 6.45) is 1.17. The Balaban J connectivity index is 2.27. The van der Waals surface area contributed by atoms with Gasteiger partial charge in [0.15, 0.2) is 11.6 Å². The van der Waals surface area contributed by atoms with E-state index in [-0.39, 0.29) is 17.5 Å². The highest BCUT2D eigenvalue weighted by Gasteiger charge is 2.15. The van der Waals surface area contributed by atoms with Gasteiger partial charge in [0.2, 0.25) is 0 Å². The molecule has 2 rings (SSSR count). The highest BCUT2D eigenvalue weighted by molar-refractivity contribution is 5.65. The van der Waals surface area contributed by atoms with Crippen LogP contribution in [0, 0.1) is 11.6 Å². The van der Waals surface area contributed by atoms with Gasteiger partial charge in [-0.25, -0.2) is 8.78 Å². The topological polar surface area (TPSA) is 9.23 Å². The molecule has 0 saturated carbocycles. The summed E-state index contributed by atoms with van der Waals surface area (Å²) in [5.74, 6) is -0.957. The van der Waals surface area contributed by atoms with Crippen molar-refractivity contribution in [2.24, 2.45) is 0 Å². The number of hydrogen-bond acceptors (Lipinski definition) is 1. The first-order valence-electron chi connectivity index (χ1n) is 7.97. The van der Waals surface area contributed by atoms with Crippen LogP contribution in [0.5, 0.6) is 5.75 Å². The first kappa shape index (κ1) is 17.9. The van der Waals surface area contributed by atoms with E-state index in [1.807, 2.05) is 6.92 Å². The van der Waals surface area contributed by atoms with Gasteiger partial charge >= 0.3 is 0 Å². The molecule has 0 heterocycles. The lowest BCUT2D eigenvalue weighted by molar-refractivity contribution is 0.317. The van der Waals surface area contributed by atoms with Crippen molar-refractivity contribution in [3.63, 3.8) is 0 Å². The molecule has 0 bridgehead atoms. The Morgan fingerprint density at radius 2 is 1.67 bits per heavy atom. The van der Waals surface area contributed by atoms with Gasteiger partial charge in [0, 0.05) is 12.0 Å². The first-order valence-corrected chi connectivity index (χ1v) is 7.97. The van der Waals surface area contributed by atoms with Gasteiger partial charge in [-0.2, -0.15) is 0 Å². The van der Waals surface area contributed by atoms with E-state index < -0.39 is 11.6 Å². The molecule has 0 aliphatic heterocycles. The van der Waals surface area contributed by atoms with Gasteiger partial charge < -0.3 is 4.74 Å². The highest BCUT2D eigenvalue weighted by Crippen LogP contribution is 2.29. The van der Waals surface area contributed by atoms with E-state index in [9.17, 15) is 8.78 Å².